The van der Waals surface area contributed by atoms with Crippen molar-refractivity contribution in [2.24, 2.45) is 0 Å². The number of nitro groups is 2. The van der Waals surface area contributed by atoms with E-state index in [2.05, 4.69) is 26.6 Å². The van der Waals surface area contributed by atoms with Crippen LogP contribution in [0.1, 0.15) is 58.6 Å². The van der Waals surface area contributed by atoms with E-state index >= 15 is 0 Å². The van der Waals surface area contributed by atoms with Crippen molar-refractivity contribution >= 4 is 45.3 Å². The molecule has 16 heteroatoms. The Morgan fingerprint density at radius 3 is 2.02 bits per heavy atom. The molecule has 0 fully saturated rings. The predicted molar refractivity (Wildman–Crippen MR) is 165 cm³/mol. The molecule has 246 valence electrons. The van der Waals surface area contributed by atoms with Crippen LogP contribution < -0.4 is 20.1 Å². The van der Waals surface area contributed by atoms with Crippen molar-refractivity contribution in [2.75, 3.05) is 20.8 Å². The lowest BCUT2D eigenvalue weighted by Gasteiger charge is -2.28. The molecule has 0 aliphatic heterocycles. The van der Waals surface area contributed by atoms with Crippen molar-refractivity contribution in [3.63, 3.8) is 0 Å². The summed E-state index contributed by atoms with van der Waals surface area (Å²) in [5.41, 5.74) is -2.20. The molecule has 45 heavy (non-hydrogen) atoms. The van der Waals surface area contributed by atoms with Gasteiger partial charge in [-0.25, -0.2) is 4.79 Å². The summed E-state index contributed by atoms with van der Waals surface area (Å²) < 4.78 is 21.6. The lowest BCUT2D eigenvalue weighted by molar-refractivity contribution is -0.394. The Hall–Kier alpha value is -4.47. The number of methoxy groups -OCH3 is 2. The number of nitrogens with zero attached hydrogens (tertiary/aromatic N) is 2. The van der Waals surface area contributed by atoms with Gasteiger partial charge in [-0.3, -0.25) is 29.8 Å². The molecule has 2 aromatic rings. The second kappa shape index (κ2) is 15.5. The number of amides is 2. The molecule has 0 aliphatic carbocycles. The number of alkyl carbamates (subject to hydrolysis) is 1. The lowest BCUT2D eigenvalue weighted by atomic mass is 9.97. The summed E-state index contributed by atoms with van der Waals surface area (Å²) >= 11 is 3.11. The van der Waals surface area contributed by atoms with Gasteiger partial charge in [-0.05, 0) is 81.1 Å². The minimum absolute atomic E-state index is 0.0250. The Kier molecular flexibility index (Phi) is 12.6. The first kappa shape index (κ1) is 36.7. The maximum absolute atomic E-state index is 13.2. The molecule has 1 atom stereocenters. The molecular weight excluding hydrogens is 660 g/mol. The molecule has 15 nitrogen and oxygen atoms in total. The second-order valence-electron chi connectivity index (χ2n) is 11.3. The molecule has 0 radical (unpaired) electrons. The Balaban J connectivity index is 2.22. The molecule has 2 amide bonds. The molecule has 0 unspecified atom stereocenters. The Labute approximate surface area is 268 Å². The highest BCUT2D eigenvalue weighted by Gasteiger charge is 2.30. The first-order chi connectivity index (χ1) is 20.9. The quantitative estimate of drug-likeness (QED) is 0.151. The number of rotatable bonds is 14. The molecule has 2 rings (SSSR count). The monoisotopic (exact) mass is 696 g/mol. The molecule has 0 saturated heterocycles. The Bertz CT molecular complexity index is 1420. The summed E-state index contributed by atoms with van der Waals surface area (Å²) in [6.45, 7) is 8.23. The summed E-state index contributed by atoms with van der Waals surface area (Å²) in [6.07, 6.45) is -1.34. The Morgan fingerprint density at radius 1 is 0.911 bits per heavy atom. The van der Waals surface area contributed by atoms with Crippen LogP contribution in [0.15, 0.2) is 34.8 Å². The van der Waals surface area contributed by atoms with Crippen LogP contribution in [0, 0.1) is 20.2 Å². The zero-order valence-electron chi connectivity index (χ0n) is 26.1. The van der Waals surface area contributed by atoms with Crippen molar-refractivity contribution < 1.29 is 43.2 Å². The molecule has 0 saturated carbocycles. The van der Waals surface area contributed by atoms with E-state index in [1.165, 1.54) is 14.2 Å². The molecule has 0 heterocycles. The highest BCUT2D eigenvalue weighted by atomic mass is 79.9. The zero-order chi connectivity index (χ0) is 34.1. The van der Waals surface area contributed by atoms with Gasteiger partial charge in [0.15, 0.2) is 0 Å². The molecule has 2 N–H and O–H groups in total. The highest BCUT2D eigenvalue weighted by molar-refractivity contribution is 9.10. The minimum atomic E-state index is -1.25. The largest absolute Gasteiger partial charge is 0.497 e. The van der Waals surface area contributed by atoms with Gasteiger partial charge in [-0.1, -0.05) is 0 Å². The third kappa shape index (κ3) is 11.2. The van der Waals surface area contributed by atoms with Gasteiger partial charge in [0.25, 0.3) is 11.4 Å². The fourth-order valence-electron chi connectivity index (χ4n) is 4.06. The SMILES string of the molecule is COc1cc(OC)cc(C(C)(C)OC(=O)N[C@@H](CCC(=O)OC(C)(C)C)C(=O)NCCc2cc([N+](=O)[O-])cc([N+](=O)[O-])c2Br)c1. The molecule has 0 aromatic heterocycles. The van der Waals surface area contributed by atoms with Gasteiger partial charge in [0, 0.05) is 30.7 Å². The van der Waals surface area contributed by atoms with Crippen molar-refractivity contribution in [3.05, 3.63) is 66.2 Å². The number of non-ortho nitro benzene ring substituents is 1. The van der Waals surface area contributed by atoms with Gasteiger partial charge in [0.2, 0.25) is 5.91 Å². The number of halogens is 1. The normalized spacial score (nSPS) is 12.0. The number of nitrogens with one attached hydrogen (secondary N) is 2. The van der Waals surface area contributed by atoms with E-state index in [1.54, 1.807) is 52.8 Å². The van der Waals surface area contributed by atoms with Crippen molar-refractivity contribution in [3.8, 4) is 11.5 Å². The van der Waals surface area contributed by atoms with Crippen LogP contribution >= 0.6 is 15.9 Å². The van der Waals surface area contributed by atoms with Gasteiger partial charge < -0.3 is 29.6 Å². The number of ether oxygens (including phenoxy) is 4. The topological polar surface area (TPSA) is 198 Å². The number of benzene rings is 2. The number of esters is 1. The van der Waals surface area contributed by atoms with Gasteiger partial charge in [0.1, 0.15) is 28.7 Å². The maximum Gasteiger partial charge on any atom is 0.408 e. The third-order valence-corrected chi connectivity index (χ3v) is 7.19. The summed E-state index contributed by atoms with van der Waals surface area (Å²) in [5.74, 6) is -0.340. The number of carbonyl (C=O) groups excluding carboxylic acids is 3. The molecule has 0 spiro atoms. The van der Waals surface area contributed by atoms with Crippen LogP contribution in [-0.2, 0) is 31.1 Å². The summed E-state index contributed by atoms with van der Waals surface area (Å²) in [7, 11) is 2.96. The van der Waals surface area contributed by atoms with Crippen LogP contribution in [0.2, 0.25) is 0 Å². The summed E-state index contributed by atoms with van der Waals surface area (Å²) in [5, 5.41) is 27.7. The smallest absolute Gasteiger partial charge is 0.408 e. The van der Waals surface area contributed by atoms with Crippen LogP contribution in [-0.4, -0.2) is 60.2 Å². The van der Waals surface area contributed by atoms with E-state index in [1.807, 2.05) is 0 Å². The maximum atomic E-state index is 13.2. The number of hydrogen-bond acceptors (Lipinski definition) is 11. The highest BCUT2D eigenvalue weighted by Crippen LogP contribution is 2.34. The van der Waals surface area contributed by atoms with Gasteiger partial charge in [0.05, 0.1) is 34.6 Å². The van der Waals surface area contributed by atoms with Gasteiger partial charge in [-0.2, -0.15) is 0 Å². The van der Waals surface area contributed by atoms with Crippen molar-refractivity contribution in [1.29, 1.82) is 0 Å². The van der Waals surface area contributed by atoms with Gasteiger partial charge in [-0.15, -0.1) is 0 Å². The molecule has 2 aromatic carbocycles. The van der Waals surface area contributed by atoms with Crippen molar-refractivity contribution in [2.45, 2.75) is 71.1 Å². The fourth-order valence-corrected chi connectivity index (χ4v) is 4.63. The minimum Gasteiger partial charge on any atom is -0.497 e. The van der Waals surface area contributed by atoms with E-state index in [0.29, 0.717) is 17.1 Å². The molecular formula is C29H37BrN4O11. The third-order valence-electron chi connectivity index (χ3n) is 6.27. The first-order valence-electron chi connectivity index (χ1n) is 13.7. The van der Waals surface area contributed by atoms with Crippen LogP contribution in [0.3, 0.4) is 0 Å². The Morgan fingerprint density at radius 2 is 1.51 bits per heavy atom. The molecule has 0 aliphatic rings. The number of carbonyl (C=O) groups is 3. The standard InChI is InChI=1S/C29H37BrN4O11/c1-28(2,3)44-24(35)9-8-22(32-27(37)45-29(4,5)18-13-20(42-6)16-21(14-18)43-7)26(36)31-11-10-17-12-19(33(38)39)15-23(25(17)30)34(40)41/h12-16,22H,8-11H2,1-7H3,(H,31,36)(H,32,37)/t22-/m0/s1. The molecule has 0 bridgehead atoms. The fraction of sp³-hybridized carbons (Fsp3) is 0.483. The van der Waals surface area contributed by atoms with E-state index in [4.69, 9.17) is 18.9 Å². The van der Waals surface area contributed by atoms with Crippen molar-refractivity contribution in [1.82, 2.24) is 10.6 Å². The number of nitro benzene ring substituents is 2. The second-order valence-corrected chi connectivity index (χ2v) is 12.1. The first-order valence-corrected chi connectivity index (χ1v) is 14.5. The van der Waals surface area contributed by atoms with Crippen LogP contribution in [0.4, 0.5) is 16.2 Å². The van der Waals surface area contributed by atoms with Crippen LogP contribution in [0.5, 0.6) is 11.5 Å². The van der Waals surface area contributed by atoms with Crippen LogP contribution in [0.25, 0.3) is 0 Å². The van der Waals surface area contributed by atoms with E-state index in [-0.39, 0.29) is 35.8 Å². The summed E-state index contributed by atoms with van der Waals surface area (Å²) in [4.78, 5) is 59.8. The van der Waals surface area contributed by atoms with E-state index in [0.717, 1.165) is 12.1 Å². The van der Waals surface area contributed by atoms with E-state index in [9.17, 15) is 34.6 Å². The predicted octanol–water partition coefficient (Wildman–Crippen LogP) is 5.09. The average molecular weight is 698 g/mol. The van der Waals surface area contributed by atoms with E-state index < -0.39 is 56.4 Å². The number of hydrogen-bond donors (Lipinski definition) is 2. The van der Waals surface area contributed by atoms with Gasteiger partial charge >= 0.3 is 12.1 Å². The zero-order valence-corrected chi connectivity index (χ0v) is 27.6. The average Bonchev–Trinajstić information content (AvgIpc) is 2.94. The summed E-state index contributed by atoms with van der Waals surface area (Å²) in [6, 6.07) is 5.73. The lowest BCUT2D eigenvalue weighted by Crippen LogP contribution is -2.48.